The van der Waals surface area contributed by atoms with Crippen LogP contribution in [0.3, 0.4) is 0 Å². The maximum absolute atomic E-state index is 11.9. The number of amides is 1. The minimum absolute atomic E-state index is 0.00305. The minimum atomic E-state index is -0.395. The summed E-state index contributed by atoms with van der Waals surface area (Å²) in [5, 5.41) is 9.37. The summed E-state index contributed by atoms with van der Waals surface area (Å²) in [6.07, 6.45) is 0.548. The van der Waals surface area contributed by atoms with E-state index in [0.717, 1.165) is 11.4 Å². The van der Waals surface area contributed by atoms with Crippen molar-refractivity contribution in [3.8, 4) is 0 Å². The standard InChI is InChI=1S/C12H19N3O3/c1-8-9(2)15(12(18)13-8)6-4-11(17)14-5-3-10(16)7-14/h10,16H,3-7H2,1-2H3,(H,13,18). The Morgan fingerprint density at radius 3 is 2.72 bits per heavy atom. The highest BCUT2D eigenvalue weighted by molar-refractivity contribution is 5.76. The Kier molecular flexibility index (Phi) is 3.56. The predicted molar refractivity (Wildman–Crippen MR) is 66.3 cm³/mol. The third-order valence-corrected chi connectivity index (χ3v) is 3.55. The van der Waals surface area contributed by atoms with Gasteiger partial charge < -0.3 is 15.0 Å². The molecule has 1 aromatic rings. The van der Waals surface area contributed by atoms with Gasteiger partial charge in [-0.2, -0.15) is 0 Å². The number of aryl methyl sites for hydroxylation is 1. The van der Waals surface area contributed by atoms with E-state index < -0.39 is 6.10 Å². The van der Waals surface area contributed by atoms with Gasteiger partial charge in [-0.05, 0) is 20.3 Å². The Morgan fingerprint density at radius 2 is 2.22 bits per heavy atom. The van der Waals surface area contributed by atoms with Crippen LogP contribution in [0.15, 0.2) is 4.79 Å². The number of likely N-dealkylation sites (tertiary alicyclic amines) is 1. The lowest BCUT2D eigenvalue weighted by atomic mass is 10.3. The number of aromatic nitrogens is 2. The monoisotopic (exact) mass is 253 g/mol. The number of β-amino-alcohol motifs (C(OH)–C–C–N with tert-alkyl or cyclic N) is 1. The second-order valence-corrected chi connectivity index (χ2v) is 4.82. The molecular formula is C12H19N3O3. The van der Waals surface area contributed by atoms with Gasteiger partial charge in [0.25, 0.3) is 0 Å². The van der Waals surface area contributed by atoms with Gasteiger partial charge in [0.1, 0.15) is 0 Å². The molecular weight excluding hydrogens is 234 g/mol. The van der Waals surface area contributed by atoms with E-state index >= 15 is 0 Å². The molecule has 2 heterocycles. The van der Waals surface area contributed by atoms with Gasteiger partial charge in [0, 0.05) is 37.4 Å². The summed E-state index contributed by atoms with van der Waals surface area (Å²) in [6, 6.07) is 0. The van der Waals surface area contributed by atoms with E-state index in [-0.39, 0.29) is 11.6 Å². The zero-order valence-electron chi connectivity index (χ0n) is 10.8. The van der Waals surface area contributed by atoms with Crippen LogP contribution in [0.1, 0.15) is 24.2 Å². The van der Waals surface area contributed by atoms with Crippen molar-refractivity contribution >= 4 is 5.91 Å². The molecule has 1 fully saturated rings. The molecule has 1 saturated heterocycles. The van der Waals surface area contributed by atoms with Crippen LogP contribution in [0.2, 0.25) is 0 Å². The number of hydrogen-bond donors (Lipinski definition) is 2. The lowest BCUT2D eigenvalue weighted by Gasteiger charge is -2.15. The van der Waals surface area contributed by atoms with E-state index in [0.29, 0.717) is 32.5 Å². The first kappa shape index (κ1) is 12.9. The van der Waals surface area contributed by atoms with Gasteiger partial charge >= 0.3 is 5.69 Å². The van der Waals surface area contributed by atoms with E-state index in [9.17, 15) is 14.7 Å². The summed E-state index contributed by atoms with van der Waals surface area (Å²) in [6.45, 7) is 5.11. The fourth-order valence-electron chi connectivity index (χ4n) is 2.28. The largest absolute Gasteiger partial charge is 0.391 e. The van der Waals surface area contributed by atoms with Gasteiger partial charge in [0.05, 0.1) is 6.10 Å². The second-order valence-electron chi connectivity index (χ2n) is 4.82. The third kappa shape index (κ3) is 2.48. The van der Waals surface area contributed by atoms with Gasteiger partial charge in [0.2, 0.25) is 5.91 Å². The van der Waals surface area contributed by atoms with Crippen LogP contribution in [-0.2, 0) is 11.3 Å². The number of carbonyl (C=O) groups excluding carboxylic acids is 1. The fraction of sp³-hybridized carbons (Fsp3) is 0.667. The molecule has 0 spiro atoms. The smallest absolute Gasteiger partial charge is 0.325 e. The van der Waals surface area contributed by atoms with Crippen molar-refractivity contribution in [2.75, 3.05) is 13.1 Å². The lowest BCUT2D eigenvalue weighted by molar-refractivity contribution is -0.130. The quantitative estimate of drug-likeness (QED) is 0.781. The number of hydrogen-bond acceptors (Lipinski definition) is 3. The van der Waals surface area contributed by atoms with Gasteiger partial charge in [-0.15, -0.1) is 0 Å². The molecule has 6 nitrogen and oxygen atoms in total. The molecule has 1 aromatic heterocycles. The summed E-state index contributed by atoms with van der Waals surface area (Å²) in [5.41, 5.74) is 1.54. The molecule has 100 valence electrons. The number of carbonyl (C=O) groups is 1. The first-order valence-electron chi connectivity index (χ1n) is 6.21. The molecule has 1 atom stereocenters. The Labute approximate surface area is 105 Å². The molecule has 0 bridgehead atoms. The topological polar surface area (TPSA) is 78.3 Å². The predicted octanol–water partition coefficient (Wildman–Crippen LogP) is -0.223. The van der Waals surface area contributed by atoms with Crippen molar-refractivity contribution in [1.82, 2.24) is 14.5 Å². The Balaban J connectivity index is 1.95. The number of aliphatic hydroxyl groups excluding tert-OH is 1. The first-order chi connectivity index (χ1) is 8.49. The van der Waals surface area contributed by atoms with Crippen LogP contribution < -0.4 is 5.69 Å². The molecule has 1 aliphatic heterocycles. The van der Waals surface area contributed by atoms with Crippen molar-refractivity contribution < 1.29 is 9.90 Å². The molecule has 0 aliphatic carbocycles. The van der Waals surface area contributed by atoms with Crippen LogP contribution in [0.4, 0.5) is 0 Å². The molecule has 6 heteroatoms. The average Bonchev–Trinajstić information content (AvgIpc) is 2.83. The van der Waals surface area contributed by atoms with Crippen molar-refractivity contribution in [2.45, 2.75) is 39.3 Å². The van der Waals surface area contributed by atoms with E-state index in [1.165, 1.54) is 0 Å². The van der Waals surface area contributed by atoms with Gasteiger partial charge in [0.15, 0.2) is 0 Å². The Bertz CT molecular complexity index is 503. The molecule has 0 saturated carbocycles. The SMILES string of the molecule is Cc1[nH]c(=O)n(CCC(=O)N2CCC(O)C2)c1C. The molecule has 0 aromatic carbocycles. The van der Waals surface area contributed by atoms with E-state index in [1.807, 2.05) is 13.8 Å². The number of imidazole rings is 1. The van der Waals surface area contributed by atoms with Gasteiger partial charge in [-0.3, -0.25) is 9.36 Å². The van der Waals surface area contributed by atoms with Gasteiger partial charge in [-0.1, -0.05) is 0 Å². The summed E-state index contributed by atoms with van der Waals surface area (Å²) in [7, 11) is 0. The highest BCUT2D eigenvalue weighted by Crippen LogP contribution is 2.10. The second kappa shape index (κ2) is 4.97. The Hall–Kier alpha value is -1.56. The molecule has 2 N–H and O–H groups in total. The molecule has 18 heavy (non-hydrogen) atoms. The van der Waals surface area contributed by atoms with E-state index in [2.05, 4.69) is 4.98 Å². The van der Waals surface area contributed by atoms with Crippen LogP contribution >= 0.6 is 0 Å². The van der Waals surface area contributed by atoms with Gasteiger partial charge in [-0.25, -0.2) is 4.79 Å². The van der Waals surface area contributed by atoms with Crippen molar-refractivity contribution in [2.24, 2.45) is 0 Å². The minimum Gasteiger partial charge on any atom is -0.391 e. The molecule has 1 unspecified atom stereocenters. The van der Waals surface area contributed by atoms with Crippen LogP contribution in [0.25, 0.3) is 0 Å². The number of aliphatic hydroxyl groups is 1. The lowest BCUT2D eigenvalue weighted by Crippen LogP contribution is -2.31. The third-order valence-electron chi connectivity index (χ3n) is 3.55. The summed E-state index contributed by atoms with van der Waals surface area (Å²) in [5.74, 6) is -0.00305. The first-order valence-corrected chi connectivity index (χ1v) is 6.21. The summed E-state index contributed by atoms with van der Waals surface area (Å²) in [4.78, 5) is 27.8. The van der Waals surface area contributed by atoms with E-state index in [4.69, 9.17) is 0 Å². The van der Waals surface area contributed by atoms with Crippen molar-refractivity contribution in [1.29, 1.82) is 0 Å². The zero-order chi connectivity index (χ0) is 13.3. The number of aromatic amines is 1. The number of H-pyrrole nitrogens is 1. The molecule has 2 rings (SSSR count). The zero-order valence-corrected chi connectivity index (χ0v) is 10.8. The number of nitrogens with zero attached hydrogens (tertiary/aromatic N) is 2. The highest BCUT2D eigenvalue weighted by Gasteiger charge is 2.24. The van der Waals surface area contributed by atoms with Crippen LogP contribution in [0.5, 0.6) is 0 Å². The molecule has 1 amide bonds. The summed E-state index contributed by atoms with van der Waals surface area (Å²) >= 11 is 0. The maximum atomic E-state index is 11.9. The fourth-order valence-corrected chi connectivity index (χ4v) is 2.28. The van der Waals surface area contributed by atoms with Crippen LogP contribution in [0, 0.1) is 13.8 Å². The summed E-state index contributed by atoms with van der Waals surface area (Å²) < 4.78 is 1.58. The Morgan fingerprint density at radius 1 is 1.50 bits per heavy atom. The average molecular weight is 253 g/mol. The maximum Gasteiger partial charge on any atom is 0.325 e. The highest BCUT2D eigenvalue weighted by atomic mass is 16.3. The number of rotatable bonds is 3. The normalized spacial score (nSPS) is 19.5. The van der Waals surface area contributed by atoms with Crippen molar-refractivity contribution in [3.05, 3.63) is 21.9 Å². The molecule has 0 radical (unpaired) electrons. The van der Waals surface area contributed by atoms with Crippen LogP contribution in [-0.4, -0.2) is 44.7 Å². The number of nitrogens with one attached hydrogen (secondary N) is 1. The van der Waals surface area contributed by atoms with E-state index in [1.54, 1.807) is 9.47 Å². The van der Waals surface area contributed by atoms with Crippen molar-refractivity contribution in [3.63, 3.8) is 0 Å². The molecule has 1 aliphatic rings.